The van der Waals surface area contributed by atoms with Crippen molar-refractivity contribution in [2.24, 2.45) is 5.92 Å². The molecule has 0 aromatic carbocycles. The Labute approximate surface area is 176 Å². The van der Waals surface area contributed by atoms with Crippen molar-refractivity contribution in [3.63, 3.8) is 0 Å². The molecule has 138 valence electrons. The van der Waals surface area contributed by atoms with Gasteiger partial charge in [0.15, 0.2) is 0 Å². The summed E-state index contributed by atoms with van der Waals surface area (Å²) in [5.74, 6) is 0.762. The van der Waals surface area contributed by atoms with Crippen molar-refractivity contribution in [2.75, 3.05) is 21.2 Å². The predicted molar refractivity (Wildman–Crippen MR) is 103 cm³/mol. The first-order valence-corrected chi connectivity index (χ1v) is 10.8. The van der Waals surface area contributed by atoms with Crippen molar-refractivity contribution in [2.45, 2.75) is 49.8 Å². The summed E-state index contributed by atoms with van der Waals surface area (Å²) >= 11 is 3.67. The first kappa shape index (κ1) is 19.8. The van der Waals surface area contributed by atoms with E-state index in [1.807, 2.05) is 29.8 Å². The summed E-state index contributed by atoms with van der Waals surface area (Å²) in [4.78, 5) is 2.72. The third-order valence-electron chi connectivity index (χ3n) is 6.69. The summed E-state index contributed by atoms with van der Waals surface area (Å²) in [5, 5.41) is 4.36. The minimum absolute atomic E-state index is 0. The number of hydrogen-bond donors (Lipinski definition) is 0. The maximum absolute atomic E-state index is 6.29. The second kappa shape index (κ2) is 7.58. The largest absolute Gasteiger partial charge is 1.00 e. The van der Waals surface area contributed by atoms with E-state index in [1.54, 1.807) is 0 Å². The number of fused-ring (bicyclic) bond motifs is 2. The van der Waals surface area contributed by atoms with Gasteiger partial charge >= 0.3 is 0 Å². The average molecular weight is 489 g/mol. The number of rotatable bonds is 5. The zero-order valence-corrected chi connectivity index (χ0v) is 19.1. The van der Waals surface area contributed by atoms with Gasteiger partial charge in [0.2, 0.25) is 0 Å². The molecule has 2 aromatic rings. The van der Waals surface area contributed by atoms with Crippen LogP contribution in [0.15, 0.2) is 35.0 Å². The number of methoxy groups -OCH3 is 1. The first-order valence-electron chi connectivity index (χ1n) is 9.02. The van der Waals surface area contributed by atoms with Crippen LogP contribution >= 0.6 is 22.7 Å². The number of nitrogens with zero attached hydrogens (tertiary/aromatic N) is 1. The number of piperidine rings is 1. The average Bonchev–Trinajstić information content (AvgIpc) is 3.28. The van der Waals surface area contributed by atoms with Crippen LogP contribution < -0.4 is 24.0 Å². The molecule has 0 saturated carbocycles. The Bertz CT molecular complexity index is 618. The molecule has 5 heteroatoms. The van der Waals surface area contributed by atoms with Crippen LogP contribution in [0.25, 0.3) is 0 Å². The molecule has 0 unspecified atom stereocenters. The lowest BCUT2D eigenvalue weighted by molar-refractivity contribution is -0.931. The van der Waals surface area contributed by atoms with Gasteiger partial charge in [0.25, 0.3) is 0 Å². The van der Waals surface area contributed by atoms with E-state index in [0.29, 0.717) is 0 Å². The van der Waals surface area contributed by atoms with Crippen molar-refractivity contribution in [3.05, 3.63) is 44.8 Å². The van der Waals surface area contributed by atoms with Crippen molar-refractivity contribution in [3.8, 4) is 0 Å². The highest BCUT2D eigenvalue weighted by molar-refractivity contribution is 7.11. The molecule has 0 aliphatic carbocycles. The monoisotopic (exact) mass is 489 g/mol. The first-order chi connectivity index (χ1) is 11.6. The summed E-state index contributed by atoms with van der Waals surface area (Å²) in [6, 6.07) is 10.5. The van der Waals surface area contributed by atoms with Gasteiger partial charge < -0.3 is 33.2 Å². The third-order valence-corrected chi connectivity index (χ3v) is 8.72. The Balaban J connectivity index is 0.00000182. The van der Waals surface area contributed by atoms with Crippen molar-refractivity contribution in [1.29, 1.82) is 0 Å². The van der Waals surface area contributed by atoms with E-state index in [2.05, 4.69) is 49.1 Å². The molecule has 2 fully saturated rings. The van der Waals surface area contributed by atoms with Gasteiger partial charge in [0, 0.05) is 42.5 Å². The maximum Gasteiger partial charge on any atom is 0.136 e. The van der Waals surface area contributed by atoms with Gasteiger partial charge in [0.05, 0.1) is 26.2 Å². The fraction of sp³-hybridized carbons (Fsp3) is 0.600. The molecule has 0 amide bonds. The van der Waals surface area contributed by atoms with Crippen LogP contribution in [0.3, 0.4) is 0 Å². The van der Waals surface area contributed by atoms with Gasteiger partial charge in [0.1, 0.15) is 5.60 Å². The minimum Gasteiger partial charge on any atom is -1.00 e. The summed E-state index contributed by atoms with van der Waals surface area (Å²) in [6.07, 6.45) is 6.65. The van der Waals surface area contributed by atoms with E-state index in [-0.39, 0.29) is 29.6 Å². The lowest BCUT2D eigenvalue weighted by Gasteiger charge is -2.46. The van der Waals surface area contributed by atoms with Crippen LogP contribution in [0.4, 0.5) is 0 Å². The van der Waals surface area contributed by atoms with Crippen LogP contribution in [-0.2, 0) is 10.3 Å². The van der Waals surface area contributed by atoms with E-state index in [9.17, 15) is 0 Å². The van der Waals surface area contributed by atoms with Gasteiger partial charge in [-0.3, -0.25) is 0 Å². The molecule has 2 aliphatic rings. The molecule has 0 spiro atoms. The topological polar surface area (TPSA) is 9.23 Å². The molecule has 25 heavy (non-hydrogen) atoms. The van der Waals surface area contributed by atoms with Gasteiger partial charge in [-0.25, -0.2) is 0 Å². The lowest BCUT2D eigenvalue weighted by atomic mass is 9.79. The lowest BCUT2D eigenvalue weighted by Crippen LogP contribution is -3.00. The fourth-order valence-corrected chi connectivity index (χ4v) is 7.11. The predicted octanol–water partition coefficient (Wildman–Crippen LogP) is 2.11. The van der Waals surface area contributed by atoms with E-state index >= 15 is 0 Å². The number of hydrogen-bond acceptors (Lipinski definition) is 3. The molecular weight excluding hydrogens is 461 g/mol. The summed E-state index contributed by atoms with van der Waals surface area (Å²) in [5.41, 5.74) is -0.249. The molecule has 2 saturated heterocycles. The zero-order valence-electron chi connectivity index (χ0n) is 15.3. The molecule has 2 atom stereocenters. The molecule has 4 heterocycles. The van der Waals surface area contributed by atoms with E-state index in [1.165, 1.54) is 39.9 Å². The molecule has 0 radical (unpaired) electrons. The zero-order chi connectivity index (χ0) is 16.8. The summed E-state index contributed by atoms with van der Waals surface area (Å²) in [6.45, 7) is 0. The highest BCUT2D eigenvalue weighted by atomic mass is 127. The molecule has 2 aromatic heterocycles. The van der Waals surface area contributed by atoms with Crippen molar-refractivity contribution >= 4 is 22.7 Å². The summed E-state index contributed by atoms with van der Waals surface area (Å²) < 4.78 is 7.53. The third kappa shape index (κ3) is 3.35. The Hall–Kier alpha value is 0.0500. The summed E-state index contributed by atoms with van der Waals surface area (Å²) in [7, 11) is 6.79. The Morgan fingerprint density at radius 1 is 1.04 bits per heavy atom. The van der Waals surface area contributed by atoms with Crippen LogP contribution in [-0.4, -0.2) is 37.8 Å². The SMILES string of the molecule is COC(CC1C[C@@H]2CC[C@@H](C1)[N+]2(C)C)(c1cccs1)c1cccs1.[I-]. The van der Waals surface area contributed by atoms with Crippen LogP contribution in [0.5, 0.6) is 0 Å². The van der Waals surface area contributed by atoms with E-state index in [4.69, 9.17) is 4.74 Å². The van der Waals surface area contributed by atoms with Crippen molar-refractivity contribution < 1.29 is 33.2 Å². The molecule has 4 rings (SSSR count). The normalized spacial score (nSPS) is 27.9. The van der Waals surface area contributed by atoms with Gasteiger partial charge in [-0.1, -0.05) is 12.1 Å². The molecule has 0 N–H and O–H groups in total. The second-order valence-electron chi connectivity index (χ2n) is 8.04. The van der Waals surface area contributed by atoms with Gasteiger partial charge in [-0.05, 0) is 35.2 Å². The molecular formula is C20H28INOS2. The Kier molecular flexibility index (Phi) is 6.01. The smallest absolute Gasteiger partial charge is 0.136 e. The van der Waals surface area contributed by atoms with Crippen LogP contribution in [0.1, 0.15) is 41.9 Å². The van der Waals surface area contributed by atoms with Crippen molar-refractivity contribution in [1.82, 2.24) is 0 Å². The number of ether oxygens (including phenoxy) is 1. The highest BCUT2D eigenvalue weighted by Gasteiger charge is 2.51. The van der Waals surface area contributed by atoms with E-state index in [0.717, 1.165) is 24.4 Å². The molecule has 2 bridgehead atoms. The van der Waals surface area contributed by atoms with Crippen LogP contribution in [0.2, 0.25) is 0 Å². The maximum atomic E-state index is 6.29. The van der Waals surface area contributed by atoms with Gasteiger partial charge in [-0.15, -0.1) is 22.7 Å². The number of thiophene rings is 2. The van der Waals surface area contributed by atoms with Crippen LogP contribution in [0, 0.1) is 5.92 Å². The number of halogens is 1. The number of quaternary nitrogens is 1. The Morgan fingerprint density at radius 3 is 1.96 bits per heavy atom. The Morgan fingerprint density at radius 2 is 1.56 bits per heavy atom. The minimum atomic E-state index is -0.249. The van der Waals surface area contributed by atoms with Gasteiger partial charge in [-0.2, -0.15) is 0 Å². The highest BCUT2D eigenvalue weighted by Crippen LogP contribution is 2.49. The quantitative estimate of drug-likeness (QED) is 0.462. The van der Waals surface area contributed by atoms with E-state index < -0.39 is 0 Å². The standard InChI is InChI=1S/C20H28NOS2.HI/c1-21(2)16-8-9-17(21)13-15(12-16)14-20(22-3,18-6-4-10-23-18)19-7-5-11-24-19;/h4-7,10-11,15-17H,8-9,12-14H2,1-3H3;1H/q+1;/p-1/t16-,17-;/m0./s1. The molecule has 2 aliphatic heterocycles. The molecule has 2 nitrogen and oxygen atoms in total. The fourth-order valence-electron chi connectivity index (χ4n) is 5.19. The second-order valence-corrected chi connectivity index (χ2v) is 9.94.